The summed E-state index contributed by atoms with van der Waals surface area (Å²) in [5.41, 5.74) is 2.12. The van der Waals surface area contributed by atoms with Crippen molar-refractivity contribution in [2.24, 2.45) is 4.99 Å². The van der Waals surface area contributed by atoms with Crippen LogP contribution < -0.4 is 10.6 Å². The zero-order valence-corrected chi connectivity index (χ0v) is 19.1. The van der Waals surface area contributed by atoms with E-state index in [1.165, 1.54) is 5.56 Å². The molecule has 8 nitrogen and oxygen atoms in total. The van der Waals surface area contributed by atoms with Gasteiger partial charge in [-0.1, -0.05) is 19.0 Å². The summed E-state index contributed by atoms with van der Waals surface area (Å²) in [4.78, 5) is 8.99. The van der Waals surface area contributed by atoms with Gasteiger partial charge in [0.1, 0.15) is 11.6 Å². The third kappa shape index (κ3) is 5.20. The van der Waals surface area contributed by atoms with E-state index in [9.17, 15) is 0 Å². The molecule has 0 aliphatic carbocycles. The summed E-state index contributed by atoms with van der Waals surface area (Å²) < 4.78 is 7.25. The highest BCUT2D eigenvalue weighted by atomic mass is 127. The fourth-order valence-corrected chi connectivity index (χ4v) is 3.24. The Morgan fingerprint density at radius 3 is 2.78 bits per heavy atom. The van der Waals surface area contributed by atoms with Gasteiger partial charge in [-0.25, -0.2) is 9.67 Å². The van der Waals surface area contributed by atoms with Crippen LogP contribution >= 0.6 is 24.0 Å². The van der Waals surface area contributed by atoms with Gasteiger partial charge in [-0.3, -0.25) is 4.99 Å². The standard InChI is InChI=1S/C18H29N7O.HI/c1-11(2)17-22-16-7-6-14(10-25(16)23-17)21-18(19-5)20-9-8-15-12(3)24-26-13(15)4;/h11,14H,6-10H2,1-5H3,(H2,19,20,21);1H. The van der Waals surface area contributed by atoms with Gasteiger partial charge in [0.2, 0.25) is 0 Å². The van der Waals surface area contributed by atoms with E-state index in [1.54, 1.807) is 7.05 Å². The quantitative estimate of drug-likeness (QED) is 0.382. The van der Waals surface area contributed by atoms with Gasteiger partial charge in [-0.2, -0.15) is 5.10 Å². The van der Waals surface area contributed by atoms with Crippen molar-refractivity contribution in [2.45, 2.75) is 65.5 Å². The minimum absolute atomic E-state index is 0. The van der Waals surface area contributed by atoms with Crippen LogP contribution in [0.5, 0.6) is 0 Å². The van der Waals surface area contributed by atoms with Crippen LogP contribution in [-0.4, -0.2) is 45.5 Å². The largest absolute Gasteiger partial charge is 0.361 e. The van der Waals surface area contributed by atoms with Crippen LogP contribution in [-0.2, 0) is 19.4 Å². The monoisotopic (exact) mass is 487 g/mol. The summed E-state index contributed by atoms with van der Waals surface area (Å²) in [5, 5.41) is 15.5. The molecule has 0 bridgehead atoms. The molecule has 2 aromatic rings. The fourth-order valence-electron chi connectivity index (χ4n) is 3.24. The lowest BCUT2D eigenvalue weighted by atomic mass is 10.1. The van der Waals surface area contributed by atoms with Gasteiger partial charge < -0.3 is 15.2 Å². The second-order valence-corrected chi connectivity index (χ2v) is 7.15. The normalized spacial score (nSPS) is 16.8. The summed E-state index contributed by atoms with van der Waals surface area (Å²) in [6.45, 7) is 9.78. The third-order valence-corrected chi connectivity index (χ3v) is 4.80. The van der Waals surface area contributed by atoms with Gasteiger partial charge in [0.05, 0.1) is 12.2 Å². The second-order valence-electron chi connectivity index (χ2n) is 7.15. The Kier molecular flexibility index (Phi) is 7.63. The van der Waals surface area contributed by atoms with Crippen molar-refractivity contribution in [3.63, 3.8) is 0 Å². The number of guanidine groups is 1. The molecule has 0 saturated carbocycles. The molecule has 0 fully saturated rings. The Balaban J connectivity index is 0.00000261. The van der Waals surface area contributed by atoms with Gasteiger partial charge in [-0.15, -0.1) is 24.0 Å². The van der Waals surface area contributed by atoms with Gasteiger partial charge in [0.25, 0.3) is 0 Å². The summed E-state index contributed by atoms with van der Waals surface area (Å²) in [7, 11) is 1.80. The zero-order valence-electron chi connectivity index (χ0n) is 16.7. The minimum Gasteiger partial charge on any atom is -0.361 e. The topological polar surface area (TPSA) is 93.2 Å². The number of rotatable bonds is 5. The summed E-state index contributed by atoms with van der Waals surface area (Å²) >= 11 is 0. The van der Waals surface area contributed by atoms with Crippen LogP contribution in [0.25, 0.3) is 0 Å². The van der Waals surface area contributed by atoms with Crippen molar-refractivity contribution >= 4 is 29.9 Å². The van der Waals surface area contributed by atoms with Crippen molar-refractivity contribution in [1.29, 1.82) is 0 Å². The number of aromatic nitrogens is 4. The smallest absolute Gasteiger partial charge is 0.191 e. The molecule has 2 N–H and O–H groups in total. The first-order valence-corrected chi connectivity index (χ1v) is 9.30. The van der Waals surface area contributed by atoms with E-state index in [0.29, 0.717) is 12.0 Å². The molecule has 27 heavy (non-hydrogen) atoms. The molecule has 0 spiro atoms. The predicted octanol–water partition coefficient (Wildman–Crippen LogP) is 2.35. The molecule has 0 amide bonds. The number of hydrogen-bond acceptors (Lipinski definition) is 5. The molecule has 0 aromatic carbocycles. The number of aryl methyl sites for hydroxylation is 3. The van der Waals surface area contributed by atoms with E-state index < -0.39 is 0 Å². The Labute approximate surface area is 177 Å². The van der Waals surface area contributed by atoms with Gasteiger partial charge in [0.15, 0.2) is 11.8 Å². The Bertz CT molecular complexity index is 761. The number of fused-ring (bicyclic) bond motifs is 1. The molecule has 3 heterocycles. The van der Waals surface area contributed by atoms with Crippen LogP contribution in [0, 0.1) is 13.8 Å². The summed E-state index contributed by atoms with van der Waals surface area (Å²) in [6, 6.07) is 0.300. The number of nitrogens with zero attached hydrogens (tertiary/aromatic N) is 5. The highest BCUT2D eigenvalue weighted by Gasteiger charge is 2.23. The molecule has 1 aliphatic rings. The highest BCUT2D eigenvalue weighted by molar-refractivity contribution is 14.0. The molecule has 0 radical (unpaired) electrons. The molecular formula is C18H30IN7O. The van der Waals surface area contributed by atoms with Crippen molar-refractivity contribution in [3.05, 3.63) is 28.7 Å². The van der Waals surface area contributed by atoms with Crippen molar-refractivity contribution in [3.8, 4) is 0 Å². The first-order valence-electron chi connectivity index (χ1n) is 9.30. The highest BCUT2D eigenvalue weighted by Crippen LogP contribution is 2.17. The van der Waals surface area contributed by atoms with Crippen molar-refractivity contribution in [2.75, 3.05) is 13.6 Å². The van der Waals surface area contributed by atoms with E-state index in [-0.39, 0.29) is 24.0 Å². The molecule has 2 aromatic heterocycles. The lowest BCUT2D eigenvalue weighted by Gasteiger charge is -2.25. The lowest BCUT2D eigenvalue weighted by Crippen LogP contribution is -2.47. The first kappa shape index (κ1) is 21.6. The second kappa shape index (κ2) is 9.52. The fraction of sp³-hybridized carbons (Fsp3) is 0.667. The van der Waals surface area contributed by atoms with Crippen molar-refractivity contribution < 1.29 is 4.52 Å². The number of hydrogen-bond donors (Lipinski definition) is 2. The van der Waals surface area contributed by atoms with E-state index >= 15 is 0 Å². The Morgan fingerprint density at radius 1 is 1.37 bits per heavy atom. The number of nitrogens with one attached hydrogen (secondary N) is 2. The first-order chi connectivity index (χ1) is 12.5. The minimum atomic E-state index is 0. The van der Waals surface area contributed by atoms with Crippen LogP contribution in [0.2, 0.25) is 0 Å². The van der Waals surface area contributed by atoms with E-state index in [0.717, 1.165) is 61.4 Å². The molecule has 1 aliphatic heterocycles. The lowest BCUT2D eigenvalue weighted by molar-refractivity contribution is 0.391. The van der Waals surface area contributed by atoms with Gasteiger partial charge in [0, 0.05) is 37.5 Å². The molecule has 150 valence electrons. The SMILES string of the molecule is CN=C(NCCc1c(C)noc1C)NC1CCc2nc(C(C)C)nn2C1.I. The number of aliphatic imine (C=N–C) groups is 1. The van der Waals surface area contributed by atoms with Crippen LogP contribution in [0.1, 0.15) is 54.9 Å². The van der Waals surface area contributed by atoms with Gasteiger partial charge in [-0.05, 0) is 26.7 Å². The van der Waals surface area contributed by atoms with Crippen LogP contribution in [0.15, 0.2) is 9.52 Å². The van der Waals surface area contributed by atoms with E-state index in [4.69, 9.17) is 4.52 Å². The summed E-state index contributed by atoms with van der Waals surface area (Å²) in [6.07, 6.45) is 2.83. The van der Waals surface area contributed by atoms with Crippen LogP contribution in [0.4, 0.5) is 0 Å². The van der Waals surface area contributed by atoms with Gasteiger partial charge >= 0.3 is 0 Å². The molecule has 9 heteroatoms. The maximum Gasteiger partial charge on any atom is 0.191 e. The Morgan fingerprint density at radius 2 is 2.15 bits per heavy atom. The molecule has 1 unspecified atom stereocenters. The van der Waals surface area contributed by atoms with Crippen molar-refractivity contribution in [1.82, 2.24) is 30.6 Å². The molecule has 3 rings (SSSR count). The zero-order chi connectivity index (χ0) is 18.7. The maximum absolute atomic E-state index is 5.21. The Hall–Kier alpha value is -1.65. The van der Waals surface area contributed by atoms with Crippen LogP contribution in [0.3, 0.4) is 0 Å². The van der Waals surface area contributed by atoms with E-state index in [1.807, 2.05) is 18.5 Å². The summed E-state index contributed by atoms with van der Waals surface area (Å²) in [5.74, 6) is 4.09. The number of halogens is 1. The molecular weight excluding hydrogens is 457 g/mol. The average Bonchev–Trinajstić information content (AvgIpc) is 3.18. The maximum atomic E-state index is 5.21. The average molecular weight is 487 g/mol. The predicted molar refractivity (Wildman–Crippen MR) is 116 cm³/mol. The molecule has 1 atom stereocenters. The van der Waals surface area contributed by atoms with E-state index in [2.05, 4.69) is 44.7 Å². The third-order valence-electron chi connectivity index (χ3n) is 4.80. The molecule has 0 saturated heterocycles.